The van der Waals surface area contributed by atoms with Crippen molar-refractivity contribution in [2.24, 2.45) is 0 Å². The van der Waals surface area contributed by atoms with E-state index in [-0.39, 0.29) is 5.69 Å². The lowest BCUT2D eigenvalue weighted by Crippen LogP contribution is -2.19. The molecule has 2 aromatic heterocycles. The average molecular weight is 234 g/mol. The van der Waals surface area contributed by atoms with E-state index in [1.54, 1.807) is 36.6 Å². The van der Waals surface area contributed by atoms with Crippen molar-refractivity contribution in [2.75, 3.05) is 7.11 Å². The summed E-state index contributed by atoms with van der Waals surface area (Å²) in [6, 6.07) is 5.37. The second-order valence-corrected chi connectivity index (χ2v) is 4.29. The molecule has 0 fully saturated rings. The van der Waals surface area contributed by atoms with Crippen LogP contribution in [0.15, 0.2) is 24.4 Å². The van der Waals surface area contributed by atoms with Crippen molar-refractivity contribution in [3.63, 3.8) is 0 Å². The zero-order chi connectivity index (χ0) is 12.6. The normalized spacial score (nSPS) is 11.8. The molecule has 2 aromatic rings. The minimum atomic E-state index is -1.13. The van der Waals surface area contributed by atoms with E-state index in [1.807, 2.05) is 6.07 Å². The quantitative estimate of drug-likeness (QED) is 0.796. The number of esters is 1. The van der Waals surface area contributed by atoms with Gasteiger partial charge in [0, 0.05) is 6.20 Å². The molecular formula is C12H14N2O3. The number of imidazole rings is 1. The highest BCUT2D eigenvalue weighted by molar-refractivity contribution is 5.95. The molecule has 0 radical (unpaired) electrons. The lowest BCUT2D eigenvalue weighted by atomic mass is 10.1. The molecule has 0 amide bonds. The highest BCUT2D eigenvalue weighted by atomic mass is 16.5. The predicted octanol–water partition coefficient (Wildman–Crippen LogP) is 1.35. The highest BCUT2D eigenvalue weighted by Gasteiger charge is 2.26. The molecule has 0 aliphatic rings. The highest BCUT2D eigenvalue weighted by Crippen LogP contribution is 2.22. The fourth-order valence-corrected chi connectivity index (χ4v) is 1.72. The molecule has 0 saturated carbocycles. The lowest BCUT2D eigenvalue weighted by Gasteiger charge is -2.15. The summed E-state index contributed by atoms with van der Waals surface area (Å²) in [5.74, 6) is -0.0994. The summed E-state index contributed by atoms with van der Waals surface area (Å²) in [4.78, 5) is 15.8. The van der Waals surface area contributed by atoms with Gasteiger partial charge < -0.3 is 14.2 Å². The first-order chi connectivity index (χ1) is 7.95. The largest absolute Gasteiger partial charge is 0.464 e. The Bertz CT molecular complexity index is 567. The zero-order valence-corrected chi connectivity index (χ0v) is 9.97. The Morgan fingerprint density at radius 2 is 2.18 bits per heavy atom. The summed E-state index contributed by atoms with van der Waals surface area (Å²) in [7, 11) is 1.31. The first kappa shape index (κ1) is 11.6. The predicted molar refractivity (Wildman–Crippen MR) is 61.8 cm³/mol. The van der Waals surface area contributed by atoms with Crippen LogP contribution in [0.3, 0.4) is 0 Å². The number of rotatable bonds is 2. The Labute approximate surface area is 98.7 Å². The number of aliphatic hydroxyl groups is 1. The number of hydrogen-bond acceptors (Lipinski definition) is 4. The second-order valence-electron chi connectivity index (χ2n) is 4.29. The van der Waals surface area contributed by atoms with Crippen molar-refractivity contribution < 1.29 is 14.6 Å². The number of pyridine rings is 1. The molecule has 2 rings (SSSR count). The summed E-state index contributed by atoms with van der Waals surface area (Å²) in [6.45, 7) is 3.24. The van der Waals surface area contributed by atoms with Crippen LogP contribution in [-0.4, -0.2) is 27.6 Å². The Hall–Kier alpha value is -1.88. The van der Waals surface area contributed by atoms with Gasteiger partial charge in [-0.1, -0.05) is 6.07 Å². The number of fused-ring (bicyclic) bond motifs is 1. The van der Waals surface area contributed by atoms with E-state index < -0.39 is 11.6 Å². The Kier molecular flexibility index (Phi) is 2.63. The van der Waals surface area contributed by atoms with Crippen LogP contribution in [0.1, 0.15) is 30.2 Å². The molecule has 90 valence electrons. The lowest BCUT2D eigenvalue weighted by molar-refractivity contribution is 0.0589. The van der Waals surface area contributed by atoms with Gasteiger partial charge in [-0.15, -0.1) is 0 Å². The minimum absolute atomic E-state index is 0.213. The number of ether oxygens (including phenoxy) is 1. The van der Waals surface area contributed by atoms with Gasteiger partial charge in [0.2, 0.25) is 0 Å². The van der Waals surface area contributed by atoms with Gasteiger partial charge in [-0.3, -0.25) is 0 Å². The maximum atomic E-state index is 11.6. The molecule has 0 aromatic carbocycles. The number of methoxy groups -OCH3 is 1. The fraction of sp³-hybridized carbons (Fsp3) is 0.333. The third kappa shape index (κ3) is 1.89. The van der Waals surface area contributed by atoms with Crippen molar-refractivity contribution in [3.05, 3.63) is 35.9 Å². The fourth-order valence-electron chi connectivity index (χ4n) is 1.72. The van der Waals surface area contributed by atoms with Gasteiger partial charge in [-0.25, -0.2) is 9.78 Å². The van der Waals surface area contributed by atoms with E-state index in [1.165, 1.54) is 7.11 Å². The van der Waals surface area contributed by atoms with Crippen LogP contribution in [0.4, 0.5) is 0 Å². The van der Waals surface area contributed by atoms with Crippen LogP contribution >= 0.6 is 0 Å². The summed E-state index contributed by atoms with van der Waals surface area (Å²) >= 11 is 0. The molecule has 0 spiro atoms. The van der Waals surface area contributed by atoms with Crippen molar-refractivity contribution in [1.82, 2.24) is 9.38 Å². The van der Waals surface area contributed by atoms with Gasteiger partial charge >= 0.3 is 5.97 Å². The standard InChI is InChI=1S/C12H14N2O3/c1-12(2,16)11-13-9(10(15)17-3)8-6-4-5-7-14(8)11/h4-7,16H,1-3H3. The molecule has 0 aliphatic carbocycles. The molecule has 5 heteroatoms. The average Bonchev–Trinajstić information content (AvgIpc) is 2.67. The number of hydrogen-bond donors (Lipinski definition) is 1. The van der Waals surface area contributed by atoms with Crippen LogP contribution in [0, 0.1) is 0 Å². The zero-order valence-electron chi connectivity index (χ0n) is 9.97. The van der Waals surface area contributed by atoms with Gasteiger partial charge in [0.05, 0.1) is 12.6 Å². The number of nitrogens with zero attached hydrogens (tertiary/aromatic N) is 2. The van der Waals surface area contributed by atoms with E-state index >= 15 is 0 Å². The van der Waals surface area contributed by atoms with Gasteiger partial charge in [0.1, 0.15) is 11.4 Å². The monoisotopic (exact) mass is 234 g/mol. The first-order valence-electron chi connectivity index (χ1n) is 5.23. The van der Waals surface area contributed by atoms with Crippen molar-refractivity contribution in [1.29, 1.82) is 0 Å². The molecule has 0 bridgehead atoms. The summed E-state index contributed by atoms with van der Waals surface area (Å²) in [6.07, 6.45) is 1.75. The maximum Gasteiger partial charge on any atom is 0.358 e. The second kappa shape index (κ2) is 3.85. The molecule has 0 aliphatic heterocycles. The molecule has 2 heterocycles. The SMILES string of the molecule is COC(=O)c1nc(C(C)(C)O)n2ccccc12. The van der Waals surface area contributed by atoms with Crippen LogP contribution < -0.4 is 0 Å². The molecule has 1 N–H and O–H groups in total. The van der Waals surface area contributed by atoms with E-state index in [0.29, 0.717) is 11.3 Å². The molecule has 0 saturated heterocycles. The Morgan fingerprint density at radius 1 is 1.47 bits per heavy atom. The van der Waals surface area contributed by atoms with E-state index in [4.69, 9.17) is 0 Å². The van der Waals surface area contributed by atoms with Crippen LogP contribution in [-0.2, 0) is 10.3 Å². The number of carbonyl (C=O) groups excluding carboxylic acids is 1. The molecular weight excluding hydrogens is 220 g/mol. The maximum absolute atomic E-state index is 11.6. The topological polar surface area (TPSA) is 63.8 Å². The van der Waals surface area contributed by atoms with Crippen LogP contribution in [0.25, 0.3) is 5.52 Å². The van der Waals surface area contributed by atoms with Crippen molar-refractivity contribution in [2.45, 2.75) is 19.4 Å². The molecule has 17 heavy (non-hydrogen) atoms. The van der Waals surface area contributed by atoms with Crippen molar-refractivity contribution in [3.8, 4) is 0 Å². The summed E-state index contributed by atoms with van der Waals surface area (Å²) in [5, 5.41) is 10.0. The third-order valence-electron chi connectivity index (χ3n) is 2.47. The summed E-state index contributed by atoms with van der Waals surface area (Å²) in [5.41, 5.74) is -0.294. The van der Waals surface area contributed by atoms with Gasteiger partial charge in [0.25, 0.3) is 0 Å². The molecule has 5 nitrogen and oxygen atoms in total. The van der Waals surface area contributed by atoms with Gasteiger partial charge in [-0.2, -0.15) is 0 Å². The van der Waals surface area contributed by atoms with Gasteiger partial charge in [0.15, 0.2) is 5.69 Å². The Morgan fingerprint density at radius 3 is 2.76 bits per heavy atom. The summed E-state index contributed by atoms with van der Waals surface area (Å²) < 4.78 is 6.36. The Balaban J connectivity index is 2.76. The van der Waals surface area contributed by atoms with Gasteiger partial charge in [-0.05, 0) is 26.0 Å². The third-order valence-corrected chi connectivity index (χ3v) is 2.47. The molecule has 0 atom stereocenters. The van der Waals surface area contributed by atoms with E-state index in [0.717, 1.165) is 0 Å². The molecule has 0 unspecified atom stereocenters. The van der Waals surface area contributed by atoms with Crippen LogP contribution in [0.2, 0.25) is 0 Å². The van der Waals surface area contributed by atoms with E-state index in [2.05, 4.69) is 9.72 Å². The minimum Gasteiger partial charge on any atom is -0.464 e. The first-order valence-corrected chi connectivity index (χ1v) is 5.23. The number of aromatic nitrogens is 2. The van der Waals surface area contributed by atoms with E-state index in [9.17, 15) is 9.90 Å². The van der Waals surface area contributed by atoms with Crippen LogP contribution in [0.5, 0.6) is 0 Å². The number of carbonyl (C=O) groups is 1. The van der Waals surface area contributed by atoms with Crippen molar-refractivity contribution >= 4 is 11.5 Å². The smallest absolute Gasteiger partial charge is 0.358 e.